The second-order valence-electron chi connectivity index (χ2n) is 5.93. The Kier molecular flexibility index (Phi) is 6.05. The van der Waals surface area contributed by atoms with Crippen LogP contribution in [0.2, 0.25) is 5.02 Å². The van der Waals surface area contributed by atoms with E-state index in [-0.39, 0.29) is 5.69 Å². The number of halogens is 1. The third-order valence-corrected chi connectivity index (χ3v) is 4.25. The van der Waals surface area contributed by atoms with Crippen LogP contribution in [0.5, 0.6) is 5.75 Å². The van der Waals surface area contributed by atoms with Crippen molar-refractivity contribution >= 4 is 28.9 Å². The van der Waals surface area contributed by atoms with Gasteiger partial charge in [-0.1, -0.05) is 41.9 Å². The normalized spacial score (nSPS) is 10.9. The van der Waals surface area contributed by atoms with Crippen LogP contribution in [-0.4, -0.2) is 4.92 Å². The van der Waals surface area contributed by atoms with Crippen LogP contribution in [0.3, 0.4) is 0 Å². The van der Waals surface area contributed by atoms with Gasteiger partial charge in [-0.15, -0.1) is 0 Å². The number of hydrogen-bond acceptors (Lipinski definition) is 4. The van der Waals surface area contributed by atoms with Crippen molar-refractivity contribution in [2.24, 2.45) is 0 Å². The van der Waals surface area contributed by atoms with Gasteiger partial charge in [0.2, 0.25) is 0 Å². The summed E-state index contributed by atoms with van der Waals surface area (Å²) < 4.78 is 5.91. The van der Waals surface area contributed by atoms with E-state index in [1.165, 1.54) is 12.1 Å². The maximum absolute atomic E-state index is 10.8. The minimum absolute atomic E-state index is 0.0219. The molecule has 6 heteroatoms. The van der Waals surface area contributed by atoms with Crippen LogP contribution in [0.1, 0.15) is 16.7 Å². The lowest BCUT2D eigenvalue weighted by atomic mass is 10.0. The summed E-state index contributed by atoms with van der Waals surface area (Å²) in [7, 11) is 0. The van der Waals surface area contributed by atoms with Gasteiger partial charge in [0, 0.05) is 22.7 Å². The Bertz CT molecular complexity index is 1070. The first kappa shape index (κ1) is 19.2. The zero-order chi connectivity index (χ0) is 19.9. The third kappa shape index (κ3) is 4.76. The van der Waals surface area contributed by atoms with E-state index in [9.17, 15) is 15.4 Å². The van der Waals surface area contributed by atoms with E-state index >= 15 is 0 Å². The molecule has 138 valence electrons. The summed E-state index contributed by atoms with van der Waals surface area (Å²) in [6, 6.07) is 22.8. The predicted molar refractivity (Wildman–Crippen MR) is 109 cm³/mol. The van der Waals surface area contributed by atoms with Gasteiger partial charge in [0.05, 0.1) is 16.6 Å². The average Bonchev–Trinajstić information content (AvgIpc) is 2.71. The van der Waals surface area contributed by atoms with Gasteiger partial charge in [-0.2, -0.15) is 5.26 Å². The molecule has 0 radical (unpaired) electrons. The number of nitro groups is 1. The number of nitriles is 1. The summed E-state index contributed by atoms with van der Waals surface area (Å²) in [4.78, 5) is 10.3. The predicted octanol–water partition coefficient (Wildman–Crippen LogP) is 5.89. The van der Waals surface area contributed by atoms with Gasteiger partial charge in [-0.05, 0) is 47.5 Å². The summed E-state index contributed by atoms with van der Waals surface area (Å²) in [5.41, 5.74) is 2.62. The molecule has 5 nitrogen and oxygen atoms in total. The molecule has 0 aliphatic carbocycles. The van der Waals surface area contributed by atoms with Gasteiger partial charge in [-0.3, -0.25) is 10.1 Å². The molecule has 28 heavy (non-hydrogen) atoms. The van der Waals surface area contributed by atoms with Crippen molar-refractivity contribution < 1.29 is 9.66 Å². The molecular formula is C22H15ClN2O3. The summed E-state index contributed by atoms with van der Waals surface area (Å²) >= 11 is 6.00. The van der Waals surface area contributed by atoms with Crippen LogP contribution in [0, 0.1) is 21.4 Å². The number of hydrogen-bond donors (Lipinski definition) is 0. The first-order chi connectivity index (χ1) is 13.6. The molecule has 0 unspecified atom stereocenters. The largest absolute Gasteiger partial charge is 0.488 e. The molecule has 0 amide bonds. The number of para-hydroxylation sites is 1. The maximum atomic E-state index is 10.8. The van der Waals surface area contributed by atoms with Crippen molar-refractivity contribution in [3.05, 3.63) is 105 Å². The highest BCUT2D eigenvalue weighted by Gasteiger charge is 2.09. The third-order valence-electron chi connectivity index (χ3n) is 4.01. The Labute approximate surface area is 167 Å². The molecule has 0 saturated heterocycles. The highest BCUT2D eigenvalue weighted by atomic mass is 35.5. The summed E-state index contributed by atoms with van der Waals surface area (Å²) in [6.45, 7) is 0.338. The average molecular weight is 391 g/mol. The SMILES string of the molecule is N#C/C(=C\c1ccccc1OCc1cccc(Cl)c1)c1ccc([N+](=O)[O-])cc1. The molecule has 0 aromatic heterocycles. The number of allylic oxidation sites excluding steroid dienone is 1. The van der Waals surface area contributed by atoms with E-state index in [1.807, 2.05) is 42.5 Å². The van der Waals surface area contributed by atoms with Crippen LogP contribution in [0.4, 0.5) is 5.69 Å². The van der Waals surface area contributed by atoms with Gasteiger partial charge in [0.15, 0.2) is 0 Å². The standard InChI is InChI=1S/C22H15ClN2O3/c23-20-6-3-4-16(12-20)15-28-22-7-2-1-5-18(22)13-19(14-24)17-8-10-21(11-9-17)25(26)27/h1-13H,15H2/b19-13+. The Hall–Kier alpha value is -3.62. The Balaban J connectivity index is 1.86. The maximum Gasteiger partial charge on any atom is 0.269 e. The molecule has 3 aromatic rings. The molecule has 0 aliphatic heterocycles. The lowest BCUT2D eigenvalue weighted by Gasteiger charge is -2.10. The van der Waals surface area contributed by atoms with Crippen molar-refractivity contribution in [2.75, 3.05) is 0 Å². The lowest BCUT2D eigenvalue weighted by molar-refractivity contribution is -0.384. The van der Waals surface area contributed by atoms with E-state index in [4.69, 9.17) is 16.3 Å². The second kappa shape index (κ2) is 8.85. The van der Waals surface area contributed by atoms with Gasteiger partial charge < -0.3 is 4.74 Å². The summed E-state index contributed by atoms with van der Waals surface area (Å²) in [5.74, 6) is 0.622. The number of rotatable bonds is 6. The molecule has 0 atom stereocenters. The smallest absolute Gasteiger partial charge is 0.269 e. The van der Waals surface area contributed by atoms with Crippen molar-refractivity contribution in [3.63, 3.8) is 0 Å². The summed E-state index contributed by atoms with van der Waals surface area (Å²) in [6.07, 6.45) is 1.70. The lowest BCUT2D eigenvalue weighted by Crippen LogP contribution is -1.97. The molecule has 0 fully saturated rings. The van der Waals surface area contributed by atoms with E-state index in [0.717, 1.165) is 11.1 Å². The highest BCUT2D eigenvalue weighted by molar-refractivity contribution is 6.30. The molecular weight excluding hydrogens is 376 g/mol. The molecule has 0 spiro atoms. The first-order valence-corrected chi connectivity index (χ1v) is 8.77. The van der Waals surface area contributed by atoms with Gasteiger partial charge in [0.25, 0.3) is 5.69 Å². The van der Waals surface area contributed by atoms with Crippen LogP contribution < -0.4 is 4.74 Å². The quantitative estimate of drug-likeness (QED) is 0.227. The van der Waals surface area contributed by atoms with E-state index in [0.29, 0.717) is 28.5 Å². The Morgan fingerprint density at radius 1 is 1.11 bits per heavy atom. The molecule has 3 rings (SSSR count). The number of nitro benzene ring substituents is 1. The van der Waals surface area contributed by atoms with Crippen LogP contribution >= 0.6 is 11.6 Å². The van der Waals surface area contributed by atoms with Gasteiger partial charge in [0.1, 0.15) is 12.4 Å². The van der Waals surface area contributed by atoms with Crippen molar-refractivity contribution in [1.82, 2.24) is 0 Å². The van der Waals surface area contributed by atoms with Crippen LogP contribution in [-0.2, 0) is 6.61 Å². The Morgan fingerprint density at radius 3 is 2.54 bits per heavy atom. The fraction of sp³-hybridized carbons (Fsp3) is 0.0455. The minimum atomic E-state index is -0.474. The zero-order valence-electron chi connectivity index (χ0n) is 14.7. The van der Waals surface area contributed by atoms with E-state index in [1.54, 1.807) is 24.3 Å². The van der Waals surface area contributed by atoms with Crippen molar-refractivity contribution in [3.8, 4) is 11.8 Å². The molecule has 3 aromatic carbocycles. The topological polar surface area (TPSA) is 76.2 Å². The van der Waals surface area contributed by atoms with Gasteiger partial charge in [-0.25, -0.2) is 0 Å². The van der Waals surface area contributed by atoms with E-state index in [2.05, 4.69) is 6.07 Å². The van der Waals surface area contributed by atoms with Crippen LogP contribution in [0.15, 0.2) is 72.8 Å². The Morgan fingerprint density at radius 2 is 1.86 bits per heavy atom. The summed E-state index contributed by atoms with van der Waals surface area (Å²) in [5, 5.41) is 21.0. The zero-order valence-corrected chi connectivity index (χ0v) is 15.5. The monoisotopic (exact) mass is 390 g/mol. The first-order valence-electron chi connectivity index (χ1n) is 8.40. The molecule has 0 aliphatic rings. The molecule has 0 N–H and O–H groups in total. The molecule has 0 saturated carbocycles. The van der Waals surface area contributed by atoms with Crippen molar-refractivity contribution in [1.29, 1.82) is 5.26 Å². The molecule has 0 bridgehead atoms. The fourth-order valence-electron chi connectivity index (χ4n) is 2.62. The molecule has 0 heterocycles. The number of non-ortho nitro benzene ring substituents is 1. The van der Waals surface area contributed by atoms with Crippen molar-refractivity contribution in [2.45, 2.75) is 6.61 Å². The second-order valence-corrected chi connectivity index (χ2v) is 6.37. The number of benzene rings is 3. The number of nitrogens with zero attached hydrogens (tertiary/aromatic N) is 2. The highest BCUT2D eigenvalue weighted by Crippen LogP contribution is 2.26. The van der Waals surface area contributed by atoms with E-state index < -0.39 is 4.92 Å². The fourth-order valence-corrected chi connectivity index (χ4v) is 2.83. The van der Waals surface area contributed by atoms with Crippen LogP contribution in [0.25, 0.3) is 11.6 Å². The minimum Gasteiger partial charge on any atom is -0.488 e. The van der Waals surface area contributed by atoms with Gasteiger partial charge >= 0.3 is 0 Å². The number of ether oxygens (including phenoxy) is 1.